The van der Waals surface area contributed by atoms with E-state index < -0.39 is 0 Å². The van der Waals surface area contributed by atoms with Gasteiger partial charge in [-0.3, -0.25) is 5.10 Å². The van der Waals surface area contributed by atoms with Crippen molar-refractivity contribution in [3.8, 4) is 16.5 Å². The van der Waals surface area contributed by atoms with Gasteiger partial charge in [0, 0.05) is 5.56 Å². The van der Waals surface area contributed by atoms with Crippen LogP contribution in [0.3, 0.4) is 0 Å². The number of H-pyrrole nitrogens is 1. The van der Waals surface area contributed by atoms with Crippen molar-refractivity contribution < 1.29 is 14.5 Å². The second-order valence-corrected chi connectivity index (χ2v) is 8.72. The number of ether oxygens (including phenoxy) is 1. The molecule has 0 aliphatic carbocycles. The van der Waals surface area contributed by atoms with Gasteiger partial charge in [0.1, 0.15) is 38.5 Å². The molecule has 0 amide bonds. The summed E-state index contributed by atoms with van der Waals surface area (Å²) in [5, 5.41) is 5.43. The third kappa shape index (κ3) is 4.35. The van der Waals surface area contributed by atoms with E-state index in [-0.39, 0.29) is 0 Å². The average Bonchev–Trinajstić information content (AvgIpc) is 3.34. The van der Waals surface area contributed by atoms with Gasteiger partial charge in [0.25, 0.3) is 0 Å². The Labute approximate surface area is 174 Å². The number of quaternary nitrogens is 2. The van der Waals surface area contributed by atoms with E-state index in [1.54, 1.807) is 23.3 Å². The van der Waals surface area contributed by atoms with Crippen molar-refractivity contribution in [3.63, 3.8) is 0 Å². The summed E-state index contributed by atoms with van der Waals surface area (Å²) in [6.45, 7) is 8.54. The lowest BCUT2D eigenvalue weighted by Crippen LogP contribution is -3.27. The zero-order valence-corrected chi connectivity index (χ0v) is 18.0. The van der Waals surface area contributed by atoms with E-state index >= 15 is 0 Å². The number of piperazine rings is 1. The Morgan fingerprint density at radius 2 is 2.00 bits per heavy atom. The highest BCUT2D eigenvalue weighted by molar-refractivity contribution is 7.71. The molecule has 28 heavy (non-hydrogen) atoms. The summed E-state index contributed by atoms with van der Waals surface area (Å²) in [6, 6.07) is 10.5. The van der Waals surface area contributed by atoms with Crippen molar-refractivity contribution in [1.82, 2.24) is 14.8 Å². The first kappa shape index (κ1) is 19.3. The molecule has 0 unspecified atom stereocenters. The maximum absolute atomic E-state index is 5.54. The van der Waals surface area contributed by atoms with Gasteiger partial charge in [-0.05, 0) is 42.7 Å². The van der Waals surface area contributed by atoms with E-state index in [9.17, 15) is 0 Å². The Morgan fingerprint density at radius 1 is 1.21 bits per heavy atom. The average molecular weight is 418 g/mol. The van der Waals surface area contributed by atoms with Crippen LogP contribution in [0, 0.1) is 11.7 Å². The third-order valence-electron chi connectivity index (χ3n) is 5.36. The molecule has 1 aliphatic rings. The molecule has 1 aromatic carbocycles. The number of aryl methyl sites for hydroxylation is 1. The Morgan fingerprint density at radius 3 is 2.71 bits per heavy atom. The summed E-state index contributed by atoms with van der Waals surface area (Å²) in [5.41, 5.74) is 2.59. The topological polar surface area (TPSA) is 51.7 Å². The molecule has 0 bridgehead atoms. The summed E-state index contributed by atoms with van der Waals surface area (Å²) in [6.07, 6.45) is 0. The minimum atomic E-state index is 0.634. The fraction of sp³-hybridized carbons (Fsp3) is 0.400. The largest absolute Gasteiger partial charge is 0.496 e. The van der Waals surface area contributed by atoms with E-state index in [4.69, 9.17) is 17.0 Å². The minimum Gasteiger partial charge on any atom is -0.496 e. The van der Waals surface area contributed by atoms with Crippen LogP contribution in [0.2, 0.25) is 0 Å². The van der Waals surface area contributed by atoms with Crippen LogP contribution in [0.4, 0.5) is 0 Å². The minimum absolute atomic E-state index is 0.634. The zero-order chi connectivity index (χ0) is 19.5. The molecule has 6 nitrogen and oxygen atoms in total. The highest BCUT2D eigenvalue weighted by Gasteiger charge is 2.24. The van der Waals surface area contributed by atoms with Gasteiger partial charge < -0.3 is 14.5 Å². The Bertz CT molecular complexity index is 971. The van der Waals surface area contributed by atoms with Gasteiger partial charge in [0.05, 0.1) is 12.0 Å². The number of nitrogens with one attached hydrogen (secondary N) is 3. The van der Waals surface area contributed by atoms with Crippen molar-refractivity contribution in [3.05, 3.63) is 51.6 Å². The summed E-state index contributed by atoms with van der Waals surface area (Å²) in [7, 11) is 1.75. The van der Waals surface area contributed by atoms with E-state index in [0.29, 0.717) is 4.77 Å². The Hall–Kier alpha value is -2.00. The number of nitrogens with zero attached hydrogens (tertiary/aromatic N) is 2. The first-order valence-electron chi connectivity index (χ1n) is 9.64. The molecule has 3 aromatic rings. The van der Waals surface area contributed by atoms with Crippen LogP contribution < -0.4 is 14.5 Å². The van der Waals surface area contributed by atoms with Gasteiger partial charge in [-0.25, -0.2) is 4.68 Å². The van der Waals surface area contributed by atoms with Crippen LogP contribution in [0.1, 0.15) is 11.1 Å². The SMILES string of the molecule is COc1ccc(C)cc1C[NH+]1CC[NH+](Cn2[nH]c(-c3cccs3)nc2=S)CC1. The fourth-order valence-electron chi connectivity index (χ4n) is 3.82. The van der Waals surface area contributed by atoms with Gasteiger partial charge in [0.2, 0.25) is 4.77 Å². The molecule has 1 aliphatic heterocycles. The molecular formula is C20H27N5OS2+2. The lowest BCUT2D eigenvalue weighted by molar-refractivity contribution is -1.03. The first-order valence-corrected chi connectivity index (χ1v) is 10.9. The molecule has 0 atom stereocenters. The molecule has 3 N–H and O–H groups in total. The highest BCUT2D eigenvalue weighted by Crippen LogP contribution is 2.20. The highest BCUT2D eigenvalue weighted by atomic mass is 32.1. The normalized spacial score (nSPS) is 19.6. The lowest BCUT2D eigenvalue weighted by Gasteiger charge is -2.30. The van der Waals surface area contributed by atoms with Crippen molar-refractivity contribution in [2.75, 3.05) is 33.3 Å². The Balaban J connectivity index is 1.35. The predicted octanol–water partition coefficient (Wildman–Crippen LogP) is 0.927. The molecule has 0 radical (unpaired) electrons. The summed E-state index contributed by atoms with van der Waals surface area (Å²) < 4.78 is 8.19. The van der Waals surface area contributed by atoms with Crippen molar-refractivity contribution in [1.29, 1.82) is 0 Å². The molecule has 1 saturated heterocycles. The zero-order valence-electron chi connectivity index (χ0n) is 16.3. The van der Waals surface area contributed by atoms with Crippen LogP contribution in [0.25, 0.3) is 10.7 Å². The summed E-state index contributed by atoms with van der Waals surface area (Å²) >= 11 is 7.13. The fourth-order valence-corrected chi connectivity index (χ4v) is 4.68. The van der Waals surface area contributed by atoms with Crippen molar-refractivity contribution >= 4 is 23.6 Å². The number of hydrogen-bond acceptors (Lipinski definition) is 4. The number of thiophene rings is 1. The molecule has 4 rings (SSSR count). The van der Waals surface area contributed by atoms with Gasteiger partial charge in [-0.15, -0.1) is 11.3 Å². The monoisotopic (exact) mass is 417 g/mol. The number of aromatic amines is 1. The summed E-state index contributed by atoms with van der Waals surface area (Å²) in [5.74, 6) is 1.87. The van der Waals surface area contributed by atoms with E-state index in [2.05, 4.69) is 46.7 Å². The number of hydrogen-bond donors (Lipinski definition) is 3. The summed E-state index contributed by atoms with van der Waals surface area (Å²) in [4.78, 5) is 8.79. The van der Waals surface area contributed by atoms with E-state index in [0.717, 1.165) is 55.8 Å². The predicted molar refractivity (Wildman–Crippen MR) is 114 cm³/mol. The van der Waals surface area contributed by atoms with Crippen LogP contribution in [-0.2, 0) is 13.2 Å². The maximum Gasteiger partial charge on any atom is 0.221 e. The lowest BCUT2D eigenvalue weighted by atomic mass is 10.1. The quantitative estimate of drug-likeness (QED) is 0.523. The van der Waals surface area contributed by atoms with Crippen LogP contribution in [-0.4, -0.2) is 48.1 Å². The van der Waals surface area contributed by atoms with Crippen molar-refractivity contribution in [2.24, 2.45) is 0 Å². The first-order chi connectivity index (χ1) is 13.6. The van der Waals surface area contributed by atoms with Crippen LogP contribution in [0.15, 0.2) is 35.7 Å². The van der Waals surface area contributed by atoms with Gasteiger partial charge in [0.15, 0.2) is 12.5 Å². The van der Waals surface area contributed by atoms with Crippen LogP contribution >= 0.6 is 23.6 Å². The number of methoxy groups -OCH3 is 1. The smallest absolute Gasteiger partial charge is 0.221 e. The maximum atomic E-state index is 5.54. The molecule has 148 valence electrons. The molecule has 8 heteroatoms. The number of rotatable bonds is 6. The number of benzene rings is 1. The molecule has 0 spiro atoms. The molecule has 2 aromatic heterocycles. The van der Waals surface area contributed by atoms with E-state index in [1.165, 1.54) is 16.0 Å². The Kier molecular flexibility index (Phi) is 5.91. The standard InChI is InChI=1S/C20H25N5OS2/c1-15-5-6-17(26-2)16(12-15)13-23-7-9-24(10-8-23)14-25-20(27)21-19(22-25)18-4-3-11-28-18/h3-6,11-12H,7-10,13-14H2,1-2H3,(H,21,22,27)/p+2. The van der Waals surface area contributed by atoms with Gasteiger partial charge in [-0.2, -0.15) is 4.98 Å². The molecule has 1 fully saturated rings. The second-order valence-electron chi connectivity index (χ2n) is 7.41. The molecule has 3 heterocycles. The second kappa shape index (κ2) is 8.57. The molecular weight excluding hydrogens is 390 g/mol. The third-order valence-corrected chi connectivity index (χ3v) is 6.54. The van der Waals surface area contributed by atoms with Gasteiger partial charge >= 0.3 is 0 Å². The van der Waals surface area contributed by atoms with E-state index in [1.807, 2.05) is 10.7 Å². The van der Waals surface area contributed by atoms with Crippen molar-refractivity contribution in [2.45, 2.75) is 20.1 Å². The molecule has 0 saturated carbocycles. The van der Waals surface area contributed by atoms with Gasteiger partial charge in [-0.1, -0.05) is 17.7 Å². The van der Waals surface area contributed by atoms with Crippen LogP contribution in [0.5, 0.6) is 5.75 Å². The number of aromatic nitrogens is 3.